The normalized spacial score (nSPS) is 17.3. The van der Waals surface area contributed by atoms with Crippen LogP contribution in [0, 0.1) is 0 Å². The van der Waals surface area contributed by atoms with Crippen LogP contribution in [0.4, 0.5) is 13.2 Å². The monoisotopic (exact) mass is 389 g/mol. The molecule has 1 fully saturated rings. The summed E-state index contributed by atoms with van der Waals surface area (Å²) < 4.78 is 37.7. The fraction of sp³-hybridized carbons (Fsp3) is 0.647. The Bertz CT molecular complexity index is 618. The van der Waals surface area contributed by atoms with Crippen LogP contribution >= 0.6 is 11.3 Å². The van der Waals surface area contributed by atoms with Crippen molar-refractivity contribution < 1.29 is 13.2 Å². The van der Waals surface area contributed by atoms with Crippen LogP contribution in [0.25, 0.3) is 0 Å². The summed E-state index contributed by atoms with van der Waals surface area (Å²) in [5.41, 5.74) is 0.353. The lowest BCUT2D eigenvalue weighted by molar-refractivity contribution is -0.140. The number of aromatic nitrogens is 1. The van der Waals surface area contributed by atoms with E-state index in [0.717, 1.165) is 49.2 Å². The summed E-state index contributed by atoms with van der Waals surface area (Å²) in [4.78, 5) is 10.2. The summed E-state index contributed by atoms with van der Waals surface area (Å²) in [6, 6.07) is 0.347. The van der Waals surface area contributed by atoms with Crippen LogP contribution in [0.5, 0.6) is 0 Å². The van der Waals surface area contributed by atoms with Gasteiger partial charge in [0.15, 0.2) is 11.7 Å². The molecule has 0 atom stereocenters. The average Bonchev–Trinajstić information content (AvgIpc) is 3.04. The van der Waals surface area contributed by atoms with Gasteiger partial charge in [-0.15, -0.1) is 11.3 Å². The Morgan fingerprint density at radius 3 is 2.65 bits per heavy atom. The number of alkyl halides is 3. The number of hydrogen-bond acceptors (Lipinski definition) is 4. The van der Waals surface area contributed by atoms with Gasteiger partial charge in [-0.3, -0.25) is 9.89 Å². The minimum Gasteiger partial charge on any atom is -0.356 e. The third-order valence-electron chi connectivity index (χ3n) is 4.12. The van der Waals surface area contributed by atoms with Gasteiger partial charge in [0.05, 0.1) is 5.01 Å². The van der Waals surface area contributed by atoms with Gasteiger partial charge in [-0.25, -0.2) is 4.98 Å². The van der Waals surface area contributed by atoms with Crippen molar-refractivity contribution in [2.45, 2.75) is 38.4 Å². The summed E-state index contributed by atoms with van der Waals surface area (Å²) in [5.74, 6) is 0.677. The van der Waals surface area contributed by atoms with Gasteiger partial charge in [-0.1, -0.05) is 12.2 Å². The van der Waals surface area contributed by atoms with Crippen LogP contribution in [0.1, 0.15) is 30.5 Å². The molecule has 0 bridgehead atoms. The first-order valence-electron chi connectivity index (χ1n) is 8.63. The number of hydrogen-bond donors (Lipinski definition) is 2. The van der Waals surface area contributed by atoms with E-state index in [0.29, 0.717) is 30.0 Å². The van der Waals surface area contributed by atoms with E-state index in [1.807, 2.05) is 6.92 Å². The second kappa shape index (κ2) is 9.36. The van der Waals surface area contributed by atoms with Crippen molar-refractivity contribution in [3.05, 3.63) is 28.2 Å². The van der Waals surface area contributed by atoms with Crippen LogP contribution in [-0.2, 0) is 12.6 Å². The zero-order valence-corrected chi connectivity index (χ0v) is 16.0. The summed E-state index contributed by atoms with van der Waals surface area (Å²) in [6.07, 6.45) is -1.90. The molecule has 0 aromatic carbocycles. The van der Waals surface area contributed by atoms with Crippen molar-refractivity contribution in [1.82, 2.24) is 20.5 Å². The van der Waals surface area contributed by atoms with Gasteiger partial charge in [-0.2, -0.15) is 13.2 Å². The number of aliphatic imine (C=N–C) groups is 1. The first kappa shape index (κ1) is 20.7. The highest BCUT2D eigenvalue weighted by Crippen LogP contribution is 2.29. The number of guanidine groups is 1. The number of nitrogens with one attached hydrogen (secondary N) is 2. The first-order valence-corrected chi connectivity index (χ1v) is 9.51. The fourth-order valence-electron chi connectivity index (χ4n) is 2.85. The molecule has 26 heavy (non-hydrogen) atoms. The number of thiazole rings is 1. The van der Waals surface area contributed by atoms with E-state index in [1.54, 1.807) is 7.05 Å². The maximum atomic E-state index is 12.6. The fourth-order valence-corrected chi connectivity index (χ4v) is 3.65. The highest BCUT2D eigenvalue weighted by molar-refractivity contribution is 7.09. The Labute approximate surface area is 156 Å². The Balaban J connectivity index is 1.72. The lowest BCUT2D eigenvalue weighted by Gasteiger charge is -2.33. The van der Waals surface area contributed by atoms with E-state index in [9.17, 15) is 13.2 Å². The minimum atomic E-state index is -4.38. The summed E-state index contributed by atoms with van der Waals surface area (Å²) in [6.45, 7) is 9.44. The molecule has 9 heteroatoms. The highest BCUT2D eigenvalue weighted by Gasteiger charge is 2.33. The summed E-state index contributed by atoms with van der Waals surface area (Å²) >= 11 is 1.03. The number of rotatable bonds is 6. The molecule has 146 valence electrons. The molecule has 1 aliphatic rings. The SMILES string of the molecule is C=C(C)CN1CCC(NC(=NC)NCCc2nc(C(F)(F)F)cs2)CC1. The molecule has 1 aromatic heterocycles. The van der Waals surface area contributed by atoms with Crippen LogP contribution < -0.4 is 10.6 Å². The van der Waals surface area contributed by atoms with Gasteiger partial charge < -0.3 is 10.6 Å². The molecule has 0 saturated carbocycles. The predicted octanol–water partition coefficient (Wildman–Crippen LogP) is 2.91. The van der Waals surface area contributed by atoms with Crippen LogP contribution in [-0.4, -0.2) is 55.1 Å². The van der Waals surface area contributed by atoms with Crippen molar-refractivity contribution in [2.75, 3.05) is 33.2 Å². The van der Waals surface area contributed by atoms with E-state index in [-0.39, 0.29) is 0 Å². The first-order chi connectivity index (χ1) is 12.3. The number of halogens is 3. The van der Waals surface area contributed by atoms with Gasteiger partial charge in [0.25, 0.3) is 0 Å². The third kappa shape index (κ3) is 6.60. The van der Waals surface area contributed by atoms with Gasteiger partial charge in [-0.05, 0) is 19.8 Å². The molecular weight excluding hydrogens is 363 g/mol. The van der Waals surface area contributed by atoms with E-state index >= 15 is 0 Å². The molecule has 5 nitrogen and oxygen atoms in total. The van der Waals surface area contributed by atoms with E-state index in [1.165, 1.54) is 5.57 Å². The number of likely N-dealkylation sites (tertiary alicyclic amines) is 1. The highest BCUT2D eigenvalue weighted by atomic mass is 32.1. The molecule has 2 heterocycles. The van der Waals surface area contributed by atoms with E-state index in [4.69, 9.17) is 0 Å². The molecule has 2 rings (SSSR count). The smallest absolute Gasteiger partial charge is 0.356 e. The lowest BCUT2D eigenvalue weighted by Crippen LogP contribution is -2.49. The molecular formula is C17H26F3N5S. The second-order valence-corrected chi connectivity index (χ2v) is 7.47. The molecule has 0 spiro atoms. The van der Waals surface area contributed by atoms with Crippen molar-refractivity contribution >= 4 is 17.3 Å². The maximum absolute atomic E-state index is 12.6. The Morgan fingerprint density at radius 1 is 1.42 bits per heavy atom. The molecule has 0 amide bonds. The minimum absolute atomic E-state index is 0.347. The molecule has 0 radical (unpaired) electrons. The van der Waals surface area contributed by atoms with Gasteiger partial charge in [0, 0.05) is 51.1 Å². The number of piperidine rings is 1. The van der Waals surface area contributed by atoms with Crippen LogP contribution in [0.3, 0.4) is 0 Å². The van der Waals surface area contributed by atoms with Crippen molar-refractivity contribution in [3.63, 3.8) is 0 Å². The van der Waals surface area contributed by atoms with Gasteiger partial charge in [0.1, 0.15) is 0 Å². The molecule has 1 saturated heterocycles. The van der Waals surface area contributed by atoms with Crippen molar-refractivity contribution in [1.29, 1.82) is 0 Å². The molecule has 1 aliphatic heterocycles. The van der Waals surface area contributed by atoms with Gasteiger partial charge >= 0.3 is 6.18 Å². The molecule has 0 aliphatic carbocycles. The third-order valence-corrected chi connectivity index (χ3v) is 5.03. The zero-order chi connectivity index (χ0) is 19.2. The largest absolute Gasteiger partial charge is 0.434 e. The quantitative estimate of drug-likeness (QED) is 0.446. The topological polar surface area (TPSA) is 52.5 Å². The second-order valence-electron chi connectivity index (χ2n) is 6.53. The van der Waals surface area contributed by atoms with Gasteiger partial charge in [0.2, 0.25) is 0 Å². The standard InChI is InChI=1S/C17H26F3N5S/c1-12(2)10-25-8-5-13(6-9-25)23-16(21-3)22-7-4-15-24-14(11-26-15)17(18,19)20/h11,13H,1,4-10H2,2-3H3,(H2,21,22,23). The Morgan fingerprint density at radius 2 is 2.12 bits per heavy atom. The van der Waals surface area contributed by atoms with E-state index in [2.05, 4.69) is 32.1 Å². The zero-order valence-electron chi connectivity index (χ0n) is 15.2. The molecule has 2 N–H and O–H groups in total. The maximum Gasteiger partial charge on any atom is 0.434 e. The van der Waals surface area contributed by atoms with E-state index < -0.39 is 11.9 Å². The Kier molecular flexibility index (Phi) is 7.45. The van der Waals surface area contributed by atoms with Crippen LogP contribution in [0.2, 0.25) is 0 Å². The van der Waals surface area contributed by atoms with Crippen molar-refractivity contribution in [2.24, 2.45) is 4.99 Å². The average molecular weight is 389 g/mol. The van der Waals surface area contributed by atoms with Crippen molar-refractivity contribution in [3.8, 4) is 0 Å². The predicted molar refractivity (Wildman–Crippen MR) is 99.6 cm³/mol. The summed E-state index contributed by atoms with van der Waals surface area (Å²) in [7, 11) is 1.69. The number of nitrogens with zero attached hydrogens (tertiary/aromatic N) is 3. The summed E-state index contributed by atoms with van der Waals surface area (Å²) in [5, 5.41) is 8.06. The lowest BCUT2D eigenvalue weighted by atomic mass is 10.0. The molecule has 0 unspecified atom stereocenters. The molecule has 1 aromatic rings. The Hall–Kier alpha value is -1.61. The van der Waals surface area contributed by atoms with Crippen LogP contribution in [0.15, 0.2) is 22.5 Å².